The van der Waals surface area contributed by atoms with Crippen molar-refractivity contribution < 1.29 is 19.5 Å². The zero-order valence-corrected chi connectivity index (χ0v) is 11.1. The Kier molecular flexibility index (Phi) is 6.11. The summed E-state index contributed by atoms with van der Waals surface area (Å²) in [5.41, 5.74) is 0. The van der Waals surface area contributed by atoms with Crippen LogP contribution in [-0.2, 0) is 9.59 Å². The van der Waals surface area contributed by atoms with E-state index in [1.807, 2.05) is 6.92 Å². The summed E-state index contributed by atoms with van der Waals surface area (Å²) >= 11 is 0. The first-order valence-corrected chi connectivity index (χ1v) is 6.54. The molecule has 0 aromatic heterocycles. The molecule has 1 aliphatic rings. The summed E-state index contributed by atoms with van der Waals surface area (Å²) in [4.78, 5) is 35.2. The highest BCUT2D eigenvalue weighted by Gasteiger charge is 2.19. The van der Waals surface area contributed by atoms with Crippen molar-refractivity contribution in [3.8, 4) is 0 Å². The number of carboxylic acid groups (broad SMARTS) is 1. The van der Waals surface area contributed by atoms with E-state index in [4.69, 9.17) is 5.11 Å². The third-order valence-corrected chi connectivity index (χ3v) is 3.18. The molecule has 0 aromatic rings. The summed E-state index contributed by atoms with van der Waals surface area (Å²) in [6, 6.07) is -0.236. The van der Waals surface area contributed by atoms with Gasteiger partial charge in [0.1, 0.15) is 0 Å². The van der Waals surface area contributed by atoms with Crippen LogP contribution in [0.4, 0.5) is 4.79 Å². The zero-order valence-electron chi connectivity index (χ0n) is 11.1. The summed E-state index contributed by atoms with van der Waals surface area (Å²) in [5, 5.41) is 14.2. The molecule has 0 radical (unpaired) electrons. The quantitative estimate of drug-likeness (QED) is 0.656. The molecule has 1 fully saturated rings. The fraction of sp³-hybridized carbons (Fsp3) is 0.750. The van der Waals surface area contributed by atoms with E-state index in [0.29, 0.717) is 39.0 Å². The van der Waals surface area contributed by atoms with Gasteiger partial charge in [0.25, 0.3) is 0 Å². The van der Waals surface area contributed by atoms with Gasteiger partial charge in [0.2, 0.25) is 5.91 Å². The van der Waals surface area contributed by atoms with Crippen LogP contribution in [0.15, 0.2) is 0 Å². The third kappa shape index (κ3) is 5.58. The van der Waals surface area contributed by atoms with Crippen LogP contribution in [-0.4, -0.2) is 54.1 Å². The zero-order chi connectivity index (χ0) is 14.3. The topological polar surface area (TPSA) is 98.7 Å². The molecule has 7 heteroatoms. The minimum absolute atomic E-state index is 0.0485. The maximum Gasteiger partial charge on any atom is 0.317 e. The number of nitrogens with one attached hydrogen (secondary N) is 2. The Morgan fingerprint density at radius 1 is 1.47 bits per heavy atom. The number of carboxylic acids is 1. The molecular weight excluding hydrogens is 250 g/mol. The predicted octanol–water partition coefficient (Wildman–Crippen LogP) is 0.0188. The number of urea groups is 1. The Morgan fingerprint density at radius 2 is 2.21 bits per heavy atom. The Labute approximate surface area is 112 Å². The predicted molar refractivity (Wildman–Crippen MR) is 68.6 cm³/mol. The van der Waals surface area contributed by atoms with Crippen LogP contribution in [0, 0.1) is 5.92 Å². The molecule has 0 bridgehead atoms. The van der Waals surface area contributed by atoms with Crippen molar-refractivity contribution in [3.05, 3.63) is 0 Å². The van der Waals surface area contributed by atoms with Crippen molar-refractivity contribution in [1.29, 1.82) is 0 Å². The number of rotatable bonds is 5. The first kappa shape index (κ1) is 15.3. The van der Waals surface area contributed by atoms with Crippen LogP contribution in [0.5, 0.6) is 0 Å². The lowest BCUT2D eigenvalue weighted by atomic mass is 10.0. The number of hydrogen-bond donors (Lipinski definition) is 3. The van der Waals surface area contributed by atoms with Crippen LogP contribution in [0.1, 0.15) is 26.2 Å². The Hall–Kier alpha value is -1.79. The second kappa shape index (κ2) is 7.60. The van der Waals surface area contributed by atoms with Gasteiger partial charge in [-0.25, -0.2) is 4.79 Å². The van der Waals surface area contributed by atoms with Crippen molar-refractivity contribution in [2.45, 2.75) is 26.2 Å². The van der Waals surface area contributed by atoms with Gasteiger partial charge < -0.3 is 20.6 Å². The van der Waals surface area contributed by atoms with Gasteiger partial charge in [0.05, 0.1) is 0 Å². The standard InChI is InChI=1S/C12H21N3O4/c1-2-9(7-11(17)18)8-14-12(19)15-5-3-10(16)13-4-6-15/h9H,2-8H2,1H3,(H,13,16)(H,14,19)(H,17,18). The van der Waals surface area contributed by atoms with E-state index >= 15 is 0 Å². The summed E-state index contributed by atoms with van der Waals surface area (Å²) in [7, 11) is 0. The molecule has 19 heavy (non-hydrogen) atoms. The first-order chi connectivity index (χ1) is 9.02. The largest absolute Gasteiger partial charge is 0.481 e. The van der Waals surface area contributed by atoms with Crippen LogP contribution in [0.3, 0.4) is 0 Å². The van der Waals surface area contributed by atoms with Crippen LogP contribution in [0.25, 0.3) is 0 Å². The molecule has 3 amide bonds. The minimum Gasteiger partial charge on any atom is -0.481 e. The molecule has 0 saturated carbocycles. The van der Waals surface area contributed by atoms with Gasteiger partial charge in [0.15, 0.2) is 0 Å². The molecule has 1 aliphatic heterocycles. The average Bonchev–Trinajstić information content (AvgIpc) is 2.58. The molecule has 7 nitrogen and oxygen atoms in total. The fourth-order valence-corrected chi connectivity index (χ4v) is 1.92. The second-order valence-electron chi connectivity index (χ2n) is 4.65. The van der Waals surface area contributed by atoms with Crippen LogP contribution in [0.2, 0.25) is 0 Å². The fourth-order valence-electron chi connectivity index (χ4n) is 1.92. The molecule has 1 saturated heterocycles. The lowest BCUT2D eigenvalue weighted by molar-refractivity contribution is -0.138. The summed E-state index contributed by atoms with van der Waals surface area (Å²) < 4.78 is 0. The molecule has 1 atom stereocenters. The smallest absolute Gasteiger partial charge is 0.317 e. The summed E-state index contributed by atoms with van der Waals surface area (Å²) in [5.74, 6) is -0.966. The van der Waals surface area contributed by atoms with Crippen LogP contribution >= 0.6 is 0 Å². The molecule has 1 rings (SSSR count). The van der Waals surface area contributed by atoms with Crippen molar-refractivity contribution >= 4 is 17.9 Å². The van der Waals surface area contributed by atoms with Gasteiger partial charge >= 0.3 is 12.0 Å². The van der Waals surface area contributed by atoms with Crippen molar-refractivity contribution in [2.75, 3.05) is 26.2 Å². The summed E-state index contributed by atoms with van der Waals surface area (Å²) in [6.07, 6.45) is 1.06. The summed E-state index contributed by atoms with van der Waals surface area (Å²) in [6.45, 7) is 3.58. The van der Waals surface area contributed by atoms with E-state index in [1.165, 1.54) is 0 Å². The lowest BCUT2D eigenvalue weighted by Crippen LogP contribution is -2.43. The van der Waals surface area contributed by atoms with Crippen molar-refractivity contribution in [1.82, 2.24) is 15.5 Å². The van der Waals surface area contributed by atoms with Crippen molar-refractivity contribution in [2.24, 2.45) is 5.92 Å². The van der Waals surface area contributed by atoms with E-state index in [0.717, 1.165) is 0 Å². The number of nitrogens with zero attached hydrogens (tertiary/aromatic N) is 1. The third-order valence-electron chi connectivity index (χ3n) is 3.18. The first-order valence-electron chi connectivity index (χ1n) is 6.54. The van der Waals surface area contributed by atoms with Gasteiger partial charge in [-0.05, 0) is 5.92 Å². The van der Waals surface area contributed by atoms with Gasteiger partial charge in [0, 0.05) is 39.0 Å². The Balaban J connectivity index is 2.36. The normalized spacial score (nSPS) is 17.3. The highest BCUT2D eigenvalue weighted by molar-refractivity contribution is 5.79. The number of carbonyl (C=O) groups excluding carboxylic acids is 2. The molecule has 0 aromatic carbocycles. The highest BCUT2D eigenvalue weighted by atomic mass is 16.4. The number of aliphatic carboxylic acids is 1. The Morgan fingerprint density at radius 3 is 2.84 bits per heavy atom. The second-order valence-corrected chi connectivity index (χ2v) is 4.65. The number of amides is 3. The van der Waals surface area contributed by atoms with Gasteiger partial charge in [-0.3, -0.25) is 9.59 Å². The maximum absolute atomic E-state index is 11.9. The maximum atomic E-state index is 11.9. The van der Waals surface area contributed by atoms with E-state index in [-0.39, 0.29) is 24.3 Å². The van der Waals surface area contributed by atoms with E-state index in [1.54, 1.807) is 4.90 Å². The van der Waals surface area contributed by atoms with E-state index in [2.05, 4.69) is 10.6 Å². The number of carbonyl (C=O) groups is 3. The molecule has 0 aliphatic carbocycles. The van der Waals surface area contributed by atoms with E-state index < -0.39 is 5.97 Å². The molecule has 1 heterocycles. The molecule has 1 unspecified atom stereocenters. The van der Waals surface area contributed by atoms with Crippen LogP contribution < -0.4 is 10.6 Å². The monoisotopic (exact) mass is 271 g/mol. The van der Waals surface area contributed by atoms with Gasteiger partial charge in [-0.2, -0.15) is 0 Å². The SMILES string of the molecule is CCC(CNC(=O)N1CCNC(=O)CC1)CC(=O)O. The molecule has 108 valence electrons. The molecule has 3 N–H and O–H groups in total. The molecule has 0 spiro atoms. The highest BCUT2D eigenvalue weighted by Crippen LogP contribution is 2.07. The van der Waals surface area contributed by atoms with Crippen molar-refractivity contribution in [3.63, 3.8) is 0 Å². The molecular formula is C12H21N3O4. The van der Waals surface area contributed by atoms with Gasteiger partial charge in [-0.15, -0.1) is 0 Å². The average molecular weight is 271 g/mol. The Bertz CT molecular complexity index is 346. The van der Waals surface area contributed by atoms with E-state index in [9.17, 15) is 14.4 Å². The minimum atomic E-state index is -0.856. The number of hydrogen-bond acceptors (Lipinski definition) is 3. The van der Waals surface area contributed by atoms with Gasteiger partial charge in [-0.1, -0.05) is 13.3 Å². The lowest BCUT2D eigenvalue weighted by Gasteiger charge is -2.22.